The van der Waals surface area contributed by atoms with Crippen molar-refractivity contribution in [1.29, 1.82) is 0 Å². The molecule has 0 aromatic heterocycles. The predicted molar refractivity (Wildman–Crippen MR) is 180 cm³/mol. The van der Waals surface area contributed by atoms with Gasteiger partial charge in [0.05, 0.1) is 6.61 Å². The summed E-state index contributed by atoms with van der Waals surface area (Å²) in [6.07, 6.45) is 5.83. The van der Waals surface area contributed by atoms with Crippen molar-refractivity contribution in [2.75, 3.05) is 42.6 Å². The van der Waals surface area contributed by atoms with Crippen LogP contribution in [0.15, 0.2) is 60.7 Å². The Morgan fingerprint density at radius 2 is 1.14 bits per heavy atom. The normalized spacial score (nSPS) is 11.4. The minimum atomic E-state index is -1.47. The van der Waals surface area contributed by atoms with Gasteiger partial charge in [0.2, 0.25) is 0 Å². The minimum absolute atomic E-state index is 0.293. The summed E-state index contributed by atoms with van der Waals surface area (Å²) in [6, 6.07) is 19.3. The molecule has 0 spiro atoms. The van der Waals surface area contributed by atoms with Gasteiger partial charge in [0.1, 0.15) is 11.2 Å². The highest BCUT2D eigenvalue weighted by Crippen LogP contribution is 2.46. The van der Waals surface area contributed by atoms with Crippen LogP contribution in [0.25, 0.3) is 0 Å². The zero-order valence-corrected chi connectivity index (χ0v) is 27.6. The molecule has 234 valence electrons. The molecule has 4 nitrogen and oxygen atoms in total. The standard InChI is InChI=1S/C38H53FN2O2/c1-8-13-26-43-37(42)38(35-16-14-15-17-36(35)39,33-20-18-31(27-29(33)6)40(22-9-2)23-10-3)34-21-19-32(28-30(34)7)41(24-11-4)25-12-5/h14-21,27-28H,8-13,22-26H2,1-7H3. The highest BCUT2D eigenvalue weighted by atomic mass is 19.1. The van der Waals surface area contributed by atoms with Crippen molar-refractivity contribution < 1.29 is 13.9 Å². The minimum Gasteiger partial charge on any atom is -0.465 e. The van der Waals surface area contributed by atoms with Crippen LogP contribution >= 0.6 is 0 Å². The van der Waals surface area contributed by atoms with Gasteiger partial charge in [-0.15, -0.1) is 0 Å². The first-order chi connectivity index (χ1) is 20.8. The van der Waals surface area contributed by atoms with E-state index in [2.05, 4.69) is 68.7 Å². The lowest BCUT2D eigenvalue weighted by Gasteiger charge is -2.37. The molecule has 0 radical (unpaired) electrons. The molecule has 0 fully saturated rings. The van der Waals surface area contributed by atoms with Gasteiger partial charge in [-0.1, -0.05) is 71.4 Å². The predicted octanol–water partition coefficient (Wildman–Crippen LogP) is 9.37. The summed E-state index contributed by atoms with van der Waals surface area (Å²) in [5.41, 5.74) is 4.48. The van der Waals surface area contributed by atoms with Crippen LogP contribution in [0.1, 0.15) is 101 Å². The molecule has 43 heavy (non-hydrogen) atoms. The number of rotatable bonds is 17. The van der Waals surface area contributed by atoms with E-state index in [-0.39, 0.29) is 0 Å². The van der Waals surface area contributed by atoms with Crippen LogP contribution in [0, 0.1) is 19.7 Å². The first kappa shape index (κ1) is 34.2. The van der Waals surface area contributed by atoms with E-state index in [9.17, 15) is 4.79 Å². The second-order valence-corrected chi connectivity index (χ2v) is 11.7. The van der Waals surface area contributed by atoms with E-state index in [4.69, 9.17) is 4.74 Å². The van der Waals surface area contributed by atoms with E-state index in [1.807, 2.05) is 32.0 Å². The zero-order valence-electron chi connectivity index (χ0n) is 27.6. The number of anilines is 2. The summed E-state index contributed by atoms with van der Waals surface area (Å²) in [7, 11) is 0. The third-order valence-electron chi connectivity index (χ3n) is 8.25. The molecule has 0 aliphatic rings. The number of esters is 1. The van der Waals surface area contributed by atoms with E-state index < -0.39 is 17.2 Å². The van der Waals surface area contributed by atoms with Gasteiger partial charge in [0.15, 0.2) is 0 Å². The van der Waals surface area contributed by atoms with E-state index >= 15 is 4.39 Å². The molecule has 0 atom stereocenters. The van der Waals surface area contributed by atoms with Crippen LogP contribution in [0.4, 0.5) is 15.8 Å². The molecular formula is C38H53FN2O2. The summed E-state index contributed by atoms with van der Waals surface area (Å²) in [6.45, 7) is 19.0. The molecule has 0 amide bonds. The van der Waals surface area contributed by atoms with Crippen LogP contribution in [0.3, 0.4) is 0 Å². The van der Waals surface area contributed by atoms with Crippen molar-refractivity contribution in [2.24, 2.45) is 0 Å². The fourth-order valence-corrected chi connectivity index (χ4v) is 6.30. The number of nitrogens with zero attached hydrogens (tertiary/aromatic N) is 2. The first-order valence-electron chi connectivity index (χ1n) is 16.4. The first-order valence-corrected chi connectivity index (χ1v) is 16.4. The van der Waals surface area contributed by atoms with Crippen LogP contribution in [0.2, 0.25) is 0 Å². The number of unbranched alkanes of at least 4 members (excludes halogenated alkanes) is 1. The summed E-state index contributed by atoms with van der Waals surface area (Å²) in [4.78, 5) is 19.4. The SMILES string of the molecule is CCCCOC(=O)C(c1ccc(N(CCC)CCC)cc1C)(c1ccc(N(CCC)CCC)cc1C)c1ccccc1F. The van der Waals surface area contributed by atoms with Crippen molar-refractivity contribution in [3.05, 3.63) is 94.3 Å². The molecule has 0 unspecified atom stereocenters. The fourth-order valence-electron chi connectivity index (χ4n) is 6.30. The average molecular weight is 589 g/mol. The molecule has 0 N–H and O–H groups in total. The van der Waals surface area contributed by atoms with Gasteiger partial charge < -0.3 is 14.5 Å². The lowest BCUT2D eigenvalue weighted by atomic mass is 9.66. The summed E-state index contributed by atoms with van der Waals surface area (Å²) >= 11 is 0. The van der Waals surface area contributed by atoms with Crippen LogP contribution < -0.4 is 9.80 Å². The van der Waals surface area contributed by atoms with Crippen molar-refractivity contribution >= 4 is 17.3 Å². The maximum Gasteiger partial charge on any atom is 0.325 e. The Morgan fingerprint density at radius 3 is 1.53 bits per heavy atom. The quantitative estimate of drug-likeness (QED) is 0.0893. The van der Waals surface area contributed by atoms with Crippen molar-refractivity contribution in [3.8, 4) is 0 Å². The van der Waals surface area contributed by atoms with Gasteiger partial charge in [-0.05, 0) is 98.5 Å². The number of hydrogen-bond donors (Lipinski definition) is 0. The van der Waals surface area contributed by atoms with Crippen LogP contribution in [-0.4, -0.2) is 38.8 Å². The summed E-state index contributed by atoms with van der Waals surface area (Å²) < 4.78 is 22.1. The zero-order chi connectivity index (χ0) is 31.4. The van der Waals surface area contributed by atoms with E-state index in [0.717, 1.165) is 98.3 Å². The van der Waals surface area contributed by atoms with Gasteiger partial charge >= 0.3 is 5.97 Å². The molecule has 0 saturated carbocycles. The summed E-state index contributed by atoms with van der Waals surface area (Å²) in [5.74, 6) is -0.852. The third-order valence-corrected chi connectivity index (χ3v) is 8.25. The molecule has 0 saturated heterocycles. The van der Waals surface area contributed by atoms with Gasteiger partial charge in [0, 0.05) is 43.1 Å². The second kappa shape index (κ2) is 16.5. The molecule has 0 bridgehead atoms. The maximum atomic E-state index is 16.1. The van der Waals surface area contributed by atoms with Gasteiger partial charge in [0.25, 0.3) is 0 Å². The van der Waals surface area contributed by atoms with E-state index in [1.54, 1.807) is 12.1 Å². The number of benzene rings is 3. The van der Waals surface area contributed by atoms with Gasteiger partial charge in [-0.2, -0.15) is 0 Å². The van der Waals surface area contributed by atoms with E-state index in [1.165, 1.54) is 6.07 Å². The summed E-state index contributed by atoms with van der Waals surface area (Å²) in [5, 5.41) is 0. The average Bonchev–Trinajstić information content (AvgIpc) is 2.99. The molecule has 3 rings (SSSR count). The monoisotopic (exact) mass is 588 g/mol. The Hall–Kier alpha value is -3.34. The Morgan fingerprint density at radius 1 is 0.674 bits per heavy atom. The maximum absolute atomic E-state index is 16.1. The Labute approximate surface area is 260 Å². The van der Waals surface area contributed by atoms with Crippen LogP contribution in [0.5, 0.6) is 0 Å². The lowest BCUT2D eigenvalue weighted by molar-refractivity contribution is -0.147. The Bertz CT molecular complexity index is 1240. The fraction of sp³-hybridized carbons (Fsp3) is 0.500. The molecule has 0 aliphatic heterocycles. The Balaban J connectivity index is 2.37. The molecule has 0 heterocycles. The van der Waals surface area contributed by atoms with Crippen molar-refractivity contribution in [2.45, 2.75) is 92.4 Å². The third kappa shape index (κ3) is 7.60. The number of halogens is 1. The molecule has 3 aromatic carbocycles. The largest absolute Gasteiger partial charge is 0.465 e. The molecule has 3 aromatic rings. The number of ether oxygens (including phenoxy) is 1. The lowest BCUT2D eigenvalue weighted by Crippen LogP contribution is -2.42. The van der Waals surface area contributed by atoms with Gasteiger partial charge in [-0.25, -0.2) is 4.39 Å². The smallest absolute Gasteiger partial charge is 0.325 e. The number of hydrogen-bond acceptors (Lipinski definition) is 4. The Kier molecular flexibility index (Phi) is 13.1. The van der Waals surface area contributed by atoms with Crippen molar-refractivity contribution in [1.82, 2.24) is 0 Å². The molecule has 5 heteroatoms. The topological polar surface area (TPSA) is 32.8 Å². The highest BCUT2D eigenvalue weighted by molar-refractivity contribution is 5.93. The van der Waals surface area contributed by atoms with Crippen molar-refractivity contribution in [3.63, 3.8) is 0 Å². The number of aryl methyl sites for hydroxylation is 2. The molecule has 0 aliphatic carbocycles. The number of carbonyl (C=O) groups excluding carboxylic acids is 1. The van der Waals surface area contributed by atoms with E-state index in [0.29, 0.717) is 12.2 Å². The highest BCUT2D eigenvalue weighted by Gasteiger charge is 2.49. The second-order valence-electron chi connectivity index (χ2n) is 11.7. The molecular weight excluding hydrogens is 535 g/mol. The number of carbonyl (C=O) groups is 1. The van der Waals surface area contributed by atoms with Gasteiger partial charge in [-0.3, -0.25) is 4.79 Å². The van der Waals surface area contributed by atoms with Crippen LogP contribution in [-0.2, 0) is 14.9 Å².